The van der Waals surface area contributed by atoms with E-state index in [0.717, 1.165) is 63.7 Å². The summed E-state index contributed by atoms with van der Waals surface area (Å²) in [5.74, 6) is 2.07. The van der Waals surface area contributed by atoms with E-state index in [1.807, 2.05) is 24.1 Å². The van der Waals surface area contributed by atoms with Crippen molar-refractivity contribution >= 4 is 11.9 Å². The first kappa shape index (κ1) is 21.1. The molecule has 1 heterocycles. The van der Waals surface area contributed by atoms with Crippen LogP contribution in [0.5, 0.6) is 5.75 Å². The average molecular weight is 375 g/mol. The molecule has 1 fully saturated rings. The number of rotatable bonds is 8. The molecule has 0 radical (unpaired) electrons. The van der Waals surface area contributed by atoms with Crippen molar-refractivity contribution in [2.45, 2.75) is 45.6 Å². The molecule has 1 aliphatic heterocycles. The summed E-state index contributed by atoms with van der Waals surface area (Å²) in [6.07, 6.45) is 4.94. The maximum absolute atomic E-state index is 12.1. The van der Waals surface area contributed by atoms with Gasteiger partial charge in [0.1, 0.15) is 5.75 Å². The third-order valence-corrected chi connectivity index (χ3v) is 4.79. The molecule has 6 heteroatoms. The second-order valence-corrected chi connectivity index (χ2v) is 6.98. The van der Waals surface area contributed by atoms with E-state index in [-0.39, 0.29) is 0 Å². The Morgan fingerprint density at radius 2 is 2.04 bits per heavy atom. The Bertz CT molecular complexity index is 601. The van der Waals surface area contributed by atoms with Crippen molar-refractivity contribution in [1.29, 1.82) is 0 Å². The molecular weight excluding hydrogens is 340 g/mol. The van der Waals surface area contributed by atoms with Crippen LogP contribution in [0.25, 0.3) is 0 Å². The van der Waals surface area contributed by atoms with Crippen molar-refractivity contribution in [2.75, 3.05) is 40.3 Å². The smallest absolute Gasteiger partial charge is 0.222 e. The number of carbonyl (C=O) groups excluding carboxylic acids is 1. The lowest BCUT2D eigenvalue weighted by molar-refractivity contribution is -0.130. The van der Waals surface area contributed by atoms with Crippen LogP contribution in [0.15, 0.2) is 29.3 Å². The van der Waals surface area contributed by atoms with Crippen LogP contribution >= 0.6 is 0 Å². The summed E-state index contributed by atoms with van der Waals surface area (Å²) >= 11 is 0. The lowest BCUT2D eigenvalue weighted by Gasteiger charge is -2.23. The van der Waals surface area contributed by atoms with E-state index in [0.29, 0.717) is 12.3 Å². The summed E-state index contributed by atoms with van der Waals surface area (Å²) in [5, 5.41) is 3.35. The first-order valence-corrected chi connectivity index (χ1v) is 10.0. The molecule has 0 unspecified atom stereocenters. The van der Waals surface area contributed by atoms with Gasteiger partial charge in [-0.05, 0) is 43.9 Å². The SMILES string of the molecule is CCNC(=NCCCN1CCCCCC1=O)N(C)Cc1ccc(OC)cc1. The van der Waals surface area contributed by atoms with Crippen molar-refractivity contribution in [2.24, 2.45) is 4.99 Å². The lowest BCUT2D eigenvalue weighted by Crippen LogP contribution is -2.38. The predicted octanol–water partition coefficient (Wildman–Crippen LogP) is 2.89. The molecule has 0 atom stereocenters. The van der Waals surface area contributed by atoms with Crippen LogP contribution in [0.3, 0.4) is 0 Å². The van der Waals surface area contributed by atoms with E-state index in [2.05, 4.69) is 29.3 Å². The summed E-state index contributed by atoms with van der Waals surface area (Å²) in [4.78, 5) is 20.9. The molecule has 1 aromatic carbocycles. The van der Waals surface area contributed by atoms with Crippen molar-refractivity contribution in [1.82, 2.24) is 15.1 Å². The number of carbonyl (C=O) groups is 1. The summed E-state index contributed by atoms with van der Waals surface area (Å²) in [6, 6.07) is 8.10. The highest BCUT2D eigenvalue weighted by atomic mass is 16.5. The van der Waals surface area contributed by atoms with E-state index >= 15 is 0 Å². The fourth-order valence-electron chi connectivity index (χ4n) is 3.27. The molecule has 150 valence electrons. The first-order chi connectivity index (χ1) is 13.1. The van der Waals surface area contributed by atoms with Gasteiger partial charge < -0.3 is 19.9 Å². The normalized spacial score (nSPS) is 15.4. The van der Waals surface area contributed by atoms with E-state index in [1.165, 1.54) is 12.0 Å². The molecule has 27 heavy (non-hydrogen) atoms. The quantitative estimate of drug-likeness (QED) is 0.432. The number of amides is 1. The molecule has 0 spiro atoms. The summed E-state index contributed by atoms with van der Waals surface area (Å²) < 4.78 is 5.21. The van der Waals surface area contributed by atoms with E-state index in [9.17, 15) is 4.79 Å². The van der Waals surface area contributed by atoms with Gasteiger partial charge >= 0.3 is 0 Å². The maximum Gasteiger partial charge on any atom is 0.222 e. The molecule has 2 rings (SSSR count). The first-order valence-electron chi connectivity index (χ1n) is 10.0. The number of methoxy groups -OCH3 is 1. The number of benzene rings is 1. The largest absolute Gasteiger partial charge is 0.497 e. The van der Waals surface area contributed by atoms with Gasteiger partial charge in [-0.1, -0.05) is 18.6 Å². The minimum atomic E-state index is 0.306. The van der Waals surface area contributed by atoms with Crippen LogP contribution in [-0.2, 0) is 11.3 Å². The zero-order valence-corrected chi connectivity index (χ0v) is 17.0. The molecule has 1 N–H and O–H groups in total. The minimum absolute atomic E-state index is 0.306. The Balaban J connectivity index is 1.85. The lowest BCUT2D eigenvalue weighted by atomic mass is 10.2. The van der Waals surface area contributed by atoms with Crippen LogP contribution in [0.2, 0.25) is 0 Å². The highest BCUT2D eigenvalue weighted by Gasteiger charge is 2.15. The standard InChI is InChI=1S/C21H34N4O2/c1-4-22-21(24(2)17-18-10-12-19(27-3)13-11-18)23-14-8-16-25-15-7-5-6-9-20(25)26/h10-13H,4-9,14-17H2,1-3H3,(H,22,23). The maximum atomic E-state index is 12.1. The number of guanidine groups is 1. The van der Waals surface area contributed by atoms with Gasteiger partial charge in [-0.15, -0.1) is 0 Å². The van der Waals surface area contributed by atoms with Crippen molar-refractivity contribution < 1.29 is 9.53 Å². The number of nitrogens with zero attached hydrogens (tertiary/aromatic N) is 3. The topological polar surface area (TPSA) is 57.2 Å². The number of ether oxygens (including phenoxy) is 1. The van der Waals surface area contributed by atoms with Crippen LogP contribution in [-0.4, -0.2) is 62.0 Å². The number of nitrogens with one attached hydrogen (secondary N) is 1. The van der Waals surface area contributed by atoms with E-state index in [1.54, 1.807) is 7.11 Å². The molecule has 1 amide bonds. The molecule has 1 saturated heterocycles. The molecule has 0 aliphatic carbocycles. The van der Waals surface area contributed by atoms with E-state index < -0.39 is 0 Å². The molecule has 0 aromatic heterocycles. The van der Waals surface area contributed by atoms with Gasteiger partial charge in [0.2, 0.25) is 5.91 Å². The van der Waals surface area contributed by atoms with Crippen LogP contribution in [0.4, 0.5) is 0 Å². The fraction of sp³-hybridized carbons (Fsp3) is 0.619. The van der Waals surface area contributed by atoms with Crippen LogP contribution < -0.4 is 10.1 Å². The average Bonchev–Trinajstić information content (AvgIpc) is 2.89. The Morgan fingerprint density at radius 1 is 1.26 bits per heavy atom. The summed E-state index contributed by atoms with van der Waals surface area (Å²) in [5.41, 5.74) is 1.21. The zero-order valence-electron chi connectivity index (χ0n) is 17.0. The third kappa shape index (κ3) is 7.12. The molecule has 1 aromatic rings. The Hall–Kier alpha value is -2.24. The second-order valence-electron chi connectivity index (χ2n) is 6.98. The Morgan fingerprint density at radius 3 is 2.74 bits per heavy atom. The van der Waals surface area contributed by atoms with Crippen molar-refractivity contribution in [3.8, 4) is 5.75 Å². The Kier molecular flexibility index (Phi) is 8.95. The fourth-order valence-corrected chi connectivity index (χ4v) is 3.27. The van der Waals surface area contributed by atoms with Gasteiger partial charge in [-0.25, -0.2) is 0 Å². The molecule has 1 aliphatic rings. The number of hydrogen-bond acceptors (Lipinski definition) is 3. The van der Waals surface area contributed by atoms with Crippen molar-refractivity contribution in [3.05, 3.63) is 29.8 Å². The molecule has 6 nitrogen and oxygen atoms in total. The zero-order chi connectivity index (χ0) is 19.5. The van der Waals surface area contributed by atoms with E-state index in [4.69, 9.17) is 9.73 Å². The minimum Gasteiger partial charge on any atom is -0.497 e. The number of hydrogen-bond donors (Lipinski definition) is 1. The van der Waals surface area contributed by atoms with Gasteiger partial charge in [0.05, 0.1) is 7.11 Å². The predicted molar refractivity (Wildman–Crippen MR) is 110 cm³/mol. The van der Waals surface area contributed by atoms with Crippen LogP contribution in [0, 0.1) is 0 Å². The Labute approximate surface area is 163 Å². The number of likely N-dealkylation sites (tertiary alicyclic amines) is 1. The van der Waals surface area contributed by atoms with Crippen LogP contribution in [0.1, 0.15) is 44.6 Å². The molecular formula is C21H34N4O2. The summed E-state index contributed by atoms with van der Waals surface area (Å²) in [7, 11) is 3.72. The highest BCUT2D eigenvalue weighted by molar-refractivity contribution is 5.79. The van der Waals surface area contributed by atoms with Gasteiger partial charge in [0.25, 0.3) is 0 Å². The monoisotopic (exact) mass is 374 g/mol. The summed E-state index contributed by atoms with van der Waals surface area (Å²) in [6.45, 7) is 6.12. The van der Waals surface area contributed by atoms with Gasteiger partial charge in [-0.2, -0.15) is 0 Å². The highest BCUT2D eigenvalue weighted by Crippen LogP contribution is 2.13. The number of aliphatic imine (C=N–C) groups is 1. The van der Waals surface area contributed by atoms with Gasteiger partial charge in [-0.3, -0.25) is 9.79 Å². The molecule has 0 bridgehead atoms. The molecule has 0 saturated carbocycles. The third-order valence-electron chi connectivity index (χ3n) is 4.79. The second kappa shape index (κ2) is 11.5. The van der Waals surface area contributed by atoms with Crippen molar-refractivity contribution in [3.63, 3.8) is 0 Å². The van der Waals surface area contributed by atoms with Gasteiger partial charge in [0, 0.05) is 46.2 Å². The van der Waals surface area contributed by atoms with Gasteiger partial charge in [0.15, 0.2) is 5.96 Å².